The zero-order valence-corrected chi connectivity index (χ0v) is 18.1. The standard InChI is InChI=1S/C21H28F2N2O5/c1-7-29-17(26)12-24-16(13-8-14(22)10-15(23)9-13)11-25(21(5,6)18(24)27)19(28)30-20(2,3)4/h8-10,16H,7,11-12H2,1-6H3/t16-/m1/s1. The molecule has 1 saturated heterocycles. The summed E-state index contributed by atoms with van der Waals surface area (Å²) in [6.07, 6.45) is -0.737. The summed E-state index contributed by atoms with van der Waals surface area (Å²) in [5.74, 6) is -2.89. The molecule has 30 heavy (non-hydrogen) atoms. The number of ether oxygens (including phenoxy) is 2. The summed E-state index contributed by atoms with van der Waals surface area (Å²) in [6, 6.07) is 1.89. The van der Waals surface area contributed by atoms with Crippen molar-refractivity contribution in [3.8, 4) is 0 Å². The molecule has 1 atom stereocenters. The molecule has 2 rings (SSSR count). The molecule has 7 nitrogen and oxygen atoms in total. The van der Waals surface area contributed by atoms with Crippen LogP contribution in [0.15, 0.2) is 18.2 Å². The summed E-state index contributed by atoms with van der Waals surface area (Å²) >= 11 is 0. The van der Waals surface area contributed by atoms with Crippen molar-refractivity contribution in [2.45, 2.75) is 58.7 Å². The molecule has 0 aliphatic carbocycles. The van der Waals surface area contributed by atoms with E-state index >= 15 is 0 Å². The Hall–Kier alpha value is -2.71. The SMILES string of the molecule is CCOC(=O)CN1C(=O)C(C)(C)N(C(=O)OC(C)(C)C)C[C@@H]1c1cc(F)cc(F)c1. The van der Waals surface area contributed by atoms with Crippen LogP contribution in [0.2, 0.25) is 0 Å². The zero-order chi connectivity index (χ0) is 22.9. The van der Waals surface area contributed by atoms with Gasteiger partial charge in [-0.2, -0.15) is 0 Å². The van der Waals surface area contributed by atoms with Gasteiger partial charge in [0.1, 0.15) is 29.3 Å². The summed E-state index contributed by atoms with van der Waals surface area (Å²) in [5.41, 5.74) is -2.04. The molecular formula is C21H28F2N2O5. The smallest absolute Gasteiger partial charge is 0.411 e. The number of hydrogen-bond donors (Lipinski definition) is 0. The molecule has 1 aliphatic rings. The Balaban J connectivity index is 2.50. The molecule has 2 amide bonds. The van der Waals surface area contributed by atoms with Crippen molar-refractivity contribution in [3.63, 3.8) is 0 Å². The maximum Gasteiger partial charge on any atom is 0.411 e. The lowest BCUT2D eigenvalue weighted by molar-refractivity contribution is -0.161. The maximum atomic E-state index is 13.9. The van der Waals surface area contributed by atoms with Gasteiger partial charge in [-0.25, -0.2) is 13.6 Å². The molecular weight excluding hydrogens is 398 g/mol. The summed E-state index contributed by atoms with van der Waals surface area (Å²) in [5, 5.41) is 0. The number of carbonyl (C=O) groups is 3. The number of halogens is 2. The second kappa shape index (κ2) is 8.57. The van der Waals surface area contributed by atoms with Crippen LogP contribution in [0.5, 0.6) is 0 Å². The van der Waals surface area contributed by atoms with Gasteiger partial charge in [-0.1, -0.05) is 0 Å². The van der Waals surface area contributed by atoms with E-state index in [4.69, 9.17) is 9.47 Å². The second-order valence-electron chi connectivity index (χ2n) is 8.61. The molecule has 0 spiro atoms. The fourth-order valence-electron chi connectivity index (χ4n) is 3.31. The Morgan fingerprint density at radius 2 is 1.73 bits per heavy atom. The Morgan fingerprint density at radius 1 is 1.17 bits per heavy atom. The van der Waals surface area contributed by atoms with Crippen molar-refractivity contribution in [3.05, 3.63) is 35.4 Å². The maximum absolute atomic E-state index is 13.9. The fraction of sp³-hybridized carbons (Fsp3) is 0.571. The van der Waals surface area contributed by atoms with Gasteiger partial charge in [0, 0.05) is 12.6 Å². The van der Waals surface area contributed by atoms with Crippen LogP contribution in [0.1, 0.15) is 53.1 Å². The van der Waals surface area contributed by atoms with E-state index in [2.05, 4.69) is 0 Å². The van der Waals surface area contributed by atoms with Gasteiger partial charge in [0.05, 0.1) is 12.6 Å². The van der Waals surface area contributed by atoms with Crippen LogP contribution in [0, 0.1) is 11.6 Å². The molecule has 0 N–H and O–H groups in total. The van der Waals surface area contributed by atoms with Gasteiger partial charge in [0.25, 0.3) is 0 Å². The third-order valence-electron chi connectivity index (χ3n) is 4.68. The first-order valence-electron chi connectivity index (χ1n) is 9.69. The number of carbonyl (C=O) groups excluding carboxylic acids is 3. The molecule has 0 bridgehead atoms. The van der Waals surface area contributed by atoms with Gasteiger partial charge in [0.2, 0.25) is 5.91 Å². The van der Waals surface area contributed by atoms with Crippen LogP contribution in [-0.2, 0) is 19.1 Å². The van der Waals surface area contributed by atoms with Crippen LogP contribution in [0.25, 0.3) is 0 Å². The van der Waals surface area contributed by atoms with E-state index in [0.717, 1.165) is 12.1 Å². The van der Waals surface area contributed by atoms with Crippen LogP contribution in [0.3, 0.4) is 0 Å². The number of nitrogens with zero attached hydrogens (tertiary/aromatic N) is 2. The van der Waals surface area contributed by atoms with Gasteiger partial charge < -0.3 is 14.4 Å². The first-order chi connectivity index (χ1) is 13.8. The van der Waals surface area contributed by atoms with Crippen molar-refractivity contribution in [2.24, 2.45) is 0 Å². The van der Waals surface area contributed by atoms with Gasteiger partial charge in [0.15, 0.2) is 0 Å². The second-order valence-corrected chi connectivity index (χ2v) is 8.61. The van der Waals surface area contributed by atoms with Gasteiger partial charge >= 0.3 is 12.1 Å². The predicted molar refractivity (Wildman–Crippen MR) is 104 cm³/mol. The minimum absolute atomic E-state index is 0.115. The summed E-state index contributed by atoms with van der Waals surface area (Å²) in [4.78, 5) is 40.6. The third-order valence-corrected chi connectivity index (χ3v) is 4.68. The molecule has 1 fully saturated rings. The molecule has 0 saturated carbocycles. The van der Waals surface area contributed by atoms with E-state index < -0.39 is 53.3 Å². The molecule has 1 aromatic carbocycles. The topological polar surface area (TPSA) is 76.2 Å². The van der Waals surface area contributed by atoms with Crippen LogP contribution < -0.4 is 0 Å². The number of hydrogen-bond acceptors (Lipinski definition) is 5. The Bertz CT molecular complexity index is 815. The third kappa shape index (κ3) is 5.25. The number of amides is 2. The summed E-state index contributed by atoms with van der Waals surface area (Å²) in [6.45, 7) is 9.34. The minimum Gasteiger partial charge on any atom is -0.465 e. The first kappa shape index (κ1) is 23.6. The largest absolute Gasteiger partial charge is 0.465 e. The van der Waals surface area contributed by atoms with Crippen molar-refractivity contribution >= 4 is 18.0 Å². The van der Waals surface area contributed by atoms with Crippen LogP contribution in [-0.4, -0.2) is 58.6 Å². The average molecular weight is 426 g/mol. The first-order valence-corrected chi connectivity index (χ1v) is 9.69. The normalized spacial score (nSPS) is 18.9. The molecule has 1 aliphatic heterocycles. The van der Waals surface area contributed by atoms with Gasteiger partial charge in [-0.3, -0.25) is 14.5 Å². The minimum atomic E-state index is -1.35. The quantitative estimate of drug-likeness (QED) is 0.690. The van der Waals surface area contributed by atoms with E-state index in [9.17, 15) is 23.2 Å². The molecule has 1 heterocycles. The Kier molecular flexibility index (Phi) is 6.73. The molecule has 9 heteroatoms. The lowest BCUT2D eigenvalue weighted by Gasteiger charge is -2.49. The number of rotatable bonds is 4. The molecule has 1 aromatic rings. The van der Waals surface area contributed by atoms with Gasteiger partial charge in [-0.15, -0.1) is 0 Å². The monoisotopic (exact) mass is 426 g/mol. The molecule has 0 aromatic heterocycles. The highest BCUT2D eigenvalue weighted by Crippen LogP contribution is 2.35. The van der Waals surface area contributed by atoms with E-state index in [1.54, 1.807) is 27.7 Å². The van der Waals surface area contributed by atoms with Crippen molar-refractivity contribution in [2.75, 3.05) is 19.7 Å². The summed E-state index contributed by atoms with van der Waals surface area (Å²) in [7, 11) is 0. The van der Waals surface area contributed by atoms with E-state index in [0.29, 0.717) is 6.07 Å². The summed E-state index contributed by atoms with van der Waals surface area (Å²) < 4.78 is 38.1. The van der Waals surface area contributed by atoms with Crippen LogP contribution in [0.4, 0.5) is 13.6 Å². The van der Waals surface area contributed by atoms with Crippen LogP contribution >= 0.6 is 0 Å². The Labute approximate surface area is 174 Å². The van der Waals surface area contributed by atoms with E-state index in [1.165, 1.54) is 23.6 Å². The number of esters is 1. The number of piperazine rings is 1. The van der Waals surface area contributed by atoms with Gasteiger partial charge in [-0.05, 0) is 59.2 Å². The Morgan fingerprint density at radius 3 is 2.23 bits per heavy atom. The van der Waals surface area contributed by atoms with Crippen molar-refractivity contribution in [1.82, 2.24) is 9.80 Å². The highest BCUT2D eigenvalue weighted by atomic mass is 19.1. The highest BCUT2D eigenvalue weighted by Gasteiger charge is 2.50. The fourth-order valence-corrected chi connectivity index (χ4v) is 3.31. The lowest BCUT2D eigenvalue weighted by Crippen LogP contribution is -2.66. The lowest BCUT2D eigenvalue weighted by atomic mass is 9.91. The molecule has 166 valence electrons. The highest BCUT2D eigenvalue weighted by molar-refractivity contribution is 5.93. The average Bonchev–Trinajstić information content (AvgIpc) is 2.56. The van der Waals surface area contributed by atoms with E-state index in [-0.39, 0.29) is 18.7 Å². The van der Waals surface area contributed by atoms with E-state index in [1.807, 2.05) is 0 Å². The number of benzene rings is 1. The van der Waals surface area contributed by atoms with Crippen molar-refractivity contribution < 1.29 is 32.6 Å². The molecule has 0 radical (unpaired) electrons. The molecule has 0 unspecified atom stereocenters. The predicted octanol–water partition coefficient (Wildman–Crippen LogP) is 3.43. The van der Waals surface area contributed by atoms with Crippen molar-refractivity contribution in [1.29, 1.82) is 0 Å². The zero-order valence-electron chi connectivity index (χ0n) is 18.1.